The predicted molar refractivity (Wildman–Crippen MR) is 147 cm³/mol. The molecule has 2 aromatic rings. The van der Waals surface area contributed by atoms with Crippen molar-refractivity contribution >= 4 is 39.1 Å². The van der Waals surface area contributed by atoms with Crippen LogP contribution >= 0.6 is 11.6 Å². The highest BCUT2D eigenvalue weighted by atomic mass is 35.5. The number of anilines is 1. The Kier molecular flexibility index (Phi) is 11.7. The second-order valence-corrected chi connectivity index (χ2v) is 11.3. The number of benzene rings is 2. The van der Waals surface area contributed by atoms with E-state index >= 15 is 0 Å². The molecule has 0 aliphatic carbocycles. The number of carbonyl (C=O) groups excluding carboxylic acids is 2. The molecule has 0 fully saturated rings. The van der Waals surface area contributed by atoms with Crippen LogP contribution in [0.3, 0.4) is 0 Å². The quantitative estimate of drug-likeness (QED) is 0.384. The molecule has 0 saturated carbocycles. The fourth-order valence-electron chi connectivity index (χ4n) is 4.10. The number of nitrogens with zero attached hydrogens (tertiary/aromatic N) is 2. The van der Waals surface area contributed by atoms with Gasteiger partial charge in [-0.15, -0.1) is 0 Å². The van der Waals surface area contributed by atoms with Gasteiger partial charge in [0.05, 0.1) is 11.9 Å². The van der Waals surface area contributed by atoms with Gasteiger partial charge >= 0.3 is 0 Å². The first kappa shape index (κ1) is 29.6. The number of aryl methyl sites for hydroxylation is 1. The summed E-state index contributed by atoms with van der Waals surface area (Å²) in [7, 11) is -3.58. The van der Waals surface area contributed by atoms with Crippen LogP contribution in [0.25, 0.3) is 0 Å². The van der Waals surface area contributed by atoms with Crippen LogP contribution in [0, 0.1) is 6.92 Å². The number of amides is 2. The van der Waals surface area contributed by atoms with Crippen LogP contribution in [0.1, 0.15) is 50.7 Å². The van der Waals surface area contributed by atoms with Crippen molar-refractivity contribution in [3.8, 4) is 0 Å². The second kappa shape index (κ2) is 14.2. The van der Waals surface area contributed by atoms with Gasteiger partial charge in [0.1, 0.15) is 6.04 Å². The van der Waals surface area contributed by atoms with Gasteiger partial charge in [0.2, 0.25) is 21.8 Å². The van der Waals surface area contributed by atoms with Crippen molar-refractivity contribution < 1.29 is 18.0 Å². The Balaban J connectivity index is 2.17. The molecule has 0 aliphatic rings. The molecule has 0 aliphatic heterocycles. The van der Waals surface area contributed by atoms with E-state index in [9.17, 15) is 18.0 Å². The molecule has 2 aromatic carbocycles. The lowest BCUT2D eigenvalue weighted by atomic mass is 10.1. The van der Waals surface area contributed by atoms with E-state index < -0.39 is 16.1 Å². The molecule has 2 amide bonds. The molecule has 36 heavy (non-hydrogen) atoms. The van der Waals surface area contributed by atoms with Gasteiger partial charge in [-0.2, -0.15) is 0 Å². The van der Waals surface area contributed by atoms with E-state index in [-0.39, 0.29) is 24.8 Å². The number of sulfonamides is 1. The summed E-state index contributed by atoms with van der Waals surface area (Å²) in [4.78, 5) is 27.9. The van der Waals surface area contributed by atoms with Crippen LogP contribution in [0.15, 0.2) is 48.5 Å². The third-order valence-electron chi connectivity index (χ3n) is 6.01. The van der Waals surface area contributed by atoms with Crippen molar-refractivity contribution in [1.29, 1.82) is 0 Å². The summed E-state index contributed by atoms with van der Waals surface area (Å²) in [6.07, 6.45) is 3.51. The standard InChI is InChI=1S/C27H38ClN3O4S/c1-5-17-29-27(33)24(6-2)30(19-16-22-11-8-7-9-12-22)26(32)13-10-18-31(36(4,34)35)25-20-23(28)15-14-21(25)3/h7-9,11-12,14-15,20,24H,5-6,10,13,16-19H2,1-4H3,(H,29,33)/t24-/m1/s1. The molecule has 0 heterocycles. The highest BCUT2D eigenvalue weighted by molar-refractivity contribution is 7.92. The molecule has 7 nitrogen and oxygen atoms in total. The zero-order chi connectivity index (χ0) is 26.7. The molecule has 0 saturated heterocycles. The first-order chi connectivity index (χ1) is 17.1. The molecular formula is C27H38ClN3O4S. The van der Waals surface area contributed by atoms with Gasteiger partial charge in [-0.3, -0.25) is 13.9 Å². The third-order valence-corrected chi connectivity index (χ3v) is 7.43. The number of nitrogens with one attached hydrogen (secondary N) is 1. The first-order valence-electron chi connectivity index (χ1n) is 12.4. The summed E-state index contributed by atoms with van der Waals surface area (Å²) in [5.41, 5.74) is 2.36. The first-order valence-corrected chi connectivity index (χ1v) is 14.7. The van der Waals surface area contributed by atoms with Gasteiger partial charge in [-0.05, 0) is 55.9 Å². The van der Waals surface area contributed by atoms with Crippen molar-refractivity contribution in [2.75, 3.05) is 30.2 Å². The third kappa shape index (κ3) is 8.82. The number of rotatable bonds is 14. The summed E-state index contributed by atoms with van der Waals surface area (Å²) in [6, 6.07) is 14.4. The SMILES string of the molecule is CCCNC(=O)[C@@H](CC)N(CCc1ccccc1)C(=O)CCCN(c1cc(Cl)ccc1C)S(C)(=O)=O. The number of hydrogen-bond acceptors (Lipinski definition) is 4. The van der Waals surface area contributed by atoms with E-state index in [2.05, 4.69) is 5.32 Å². The summed E-state index contributed by atoms with van der Waals surface area (Å²) in [5, 5.41) is 3.35. The zero-order valence-electron chi connectivity index (χ0n) is 21.7. The Morgan fingerprint density at radius 1 is 1.06 bits per heavy atom. The van der Waals surface area contributed by atoms with Gasteiger partial charge in [0.25, 0.3) is 0 Å². The van der Waals surface area contributed by atoms with Crippen LogP contribution in [0.4, 0.5) is 5.69 Å². The van der Waals surface area contributed by atoms with Crippen LogP contribution in [0.5, 0.6) is 0 Å². The van der Waals surface area contributed by atoms with E-state index in [1.54, 1.807) is 23.1 Å². The minimum Gasteiger partial charge on any atom is -0.354 e. The van der Waals surface area contributed by atoms with E-state index in [4.69, 9.17) is 11.6 Å². The lowest BCUT2D eigenvalue weighted by Gasteiger charge is -2.31. The fraction of sp³-hybridized carbons (Fsp3) is 0.481. The molecule has 0 spiro atoms. The molecule has 0 unspecified atom stereocenters. The van der Waals surface area contributed by atoms with Crippen LogP contribution in [0.2, 0.25) is 5.02 Å². The molecule has 0 aromatic heterocycles. The number of carbonyl (C=O) groups is 2. The maximum absolute atomic E-state index is 13.4. The van der Waals surface area contributed by atoms with Crippen molar-refractivity contribution in [3.63, 3.8) is 0 Å². The van der Waals surface area contributed by atoms with Crippen molar-refractivity contribution in [2.45, 2.75) is 58.9 Å². The van der Waals surface area contributed by atoms with Crippen LogP contribution in [-0.4, -0.2) is 57.1 Å². The predicted octanol–water partition coefficient (Wildman–Crippen LogP) is 4.57. The molecule has 0 bridgehead atoms. The molecule has 9 heteroatoms. The van der Waals surface area contributed by atoms with E-state index in [0.717, 1.165) is 23.8 Å². The van der Waals surface area contributed by atoms with E-state index in [1.807, 2.05) is 51.1 Å². The molecule has 2 rings (SSSR count). The molecular weight excluding hydrogens is 498 g/mol. The Hall–Kier alpha value is -2.58. The summed E-state index contributed by atoms with van der Waals surface area (Å²) < 4.78 is 26.4. The maximum Gasteiger partial charge on any atom is 0.242 e. The Bertz CT molecular complexity index is 1110. The molecule has 1 atom stereocenters. The minimum atomic E-state index is -3.58. The van der Waals surface area contributed by atoms with Crippen molar-refractivity contribution in [3.05, 3.63) is 64.7 Å². The Labute approximate surface area is 220 Å². The van der Waals surface area contributed by atoms with Gasteiger partial charge in [0.15, 0.2) is 0 Å². The Morgan fingerprint density at radius 2 is 1.75 bits per heavy atom. The van der Waals surface area contributed by atoms with Gasteiger partial charge < -0.3 is 10.2 Å². The van der Waals surface area contributed by atoms with Crippen LogP contribution in [-0.2, 0) is 26.0 Å². The van der Waals surface area contributed by atoms with Gasteiger partial charge in [-0.25, -0.2) is 8.42 Å². The average Bonchev–Trinajstić information content (AvgIpc) is 2.84. The maximum atomic E-state index is 13.4. The zero-order valence-corrected chi connectivity index (χ0v) is 23.2. The molecule has 198 valence electrons. The minimum absolute atomic E-state index is 0.123. The van der Waals surface area contributed by atoms with Gasteiger partial charge in [-0.1, -0.05) is 61.8 Å². The highest BCUT2D eigenvalue weighted by Gasteiger charge is 2.28. The highest BCUT2D eigenvalue weighted by Crippen LogP contribution is 2.27. The van der Waals surface area contributed by atoms with Crippen molar-refractivity contribution in [2.24, 2.45) is 0 Å². The van der Waals surface area contributed by atoms with Crippen molar-refractivity contribution in [1.82, 2.24) is 10.2 Å². The fourth-order valence-corrected chi connectivity index (χ4v) is 5.28. The lowest BCUT2D eigenvalue weighted by Crippen LogP contribution is -2.50. The molecule has 0 radical (unpaired) electrons. The largest absolute Gasteiger partial charge is 0.354 e. The monoisotopic (exact) mass is 535 g/mol. The summed E-state index contributed by atoms with van der Waals surface area (Å²) in [6.45, 7) is 6.79. The second-order valence-electron chi connectivity index (χ2n) is 8.91. The number of hydrogen-bond donors (Lipinski definition) is 1. The topological polar surface area (TPSA) is 86.8 Å². The Morgan fingerprint density at radius 3 is 2.36 bits per heavy atom. The van der Waals surface area contributed by atoms with E-state index in [0.29, 0.717) is 43.1 Å². The summed E-state index contributed by atoms with van der Waals surface area (Å²) >= 11 is 6.12. The normalized spacial score (nSPS) is 12.1. The van der Waals surface area contributed by atoms with Crippen LogP contribution < -0.4 is 9.62 Å². The average molecular weight is 536 g/mol. The smallest absolute Gasteiger partial charge is 0.242 e. The lowest BCUT2D eigenvalue weighted by molar-refractivity contribution is -0.140. The molecule has 1 N–H and O–H groups in total. The summed E-state index contributed by atoms with van der Waals surface area (Å²) in [5.74, 6) is -0.325. The van der Waals surface area contributed by atoms with Gasteiger partial charge in [0, 0.05) is 31.1 Å². The van der Waals surface area contributed by atoms with E-state index in [1.165, 1.54) is 4.31 Å². The number of halogens is 1.